The van der Waals surface area contributed by atoms with Crippen molar-refractivity contribution in [1.29, 1.82) is 5.26 Å². The van der Waals surface area contributed by atoms with Crippen LogP contribution in [0.2, 0.25) is 0 Å². The van der Waals surface area contributed by atoms with E-state index in [1.54, 1.807) is 0 Å². The van der Waals surface area contributed by atoms with Crippen LogP contribution in [0.5, 0.6) is 0 Å². The predicted octanol–water partition coefficient (Wildman–Crippen LogP) is 3.48. The van der Waals surface area contributed by atoms with E-state index in [2.05, 4.69) is 23.5 Å². The number of nitrogens with one attached hydrogen (secondary N) is 1. The Kier molecular flexibility index (Phi) is 3.42. The molecule has 84 valence electrons. The number of nitrogens with zero attached hydrogens (tertiary/aromatic N) is 1. The Morgan fingerprint density at radius 3 is 2.59 bits per heavy atom. The van der Waals surface area contributed by atoms with Crippen molar-refractivity contribution in [3.05, 3.63) is 65.2 Å². The molecule has 0 fully saturated rings. The summed E-state index contributed by atoms with van der Waals surface area (Å²) < 4.78 is 0. The summed E-state index contributed by atoms with van der Waals surface area (Å²) >= 11 is 0. The summed E-state index contributed by atoms with van der Waals surface area (Å²) in [7, 11) is 0. The number of anilines is 1. The number of nitriles is 1. The van der Waals surface area contributed by atoms with E-state index >= 15 is 0 Å². The van der Waals surface area contributed by atoms with Crippen LogP contribution in [0.4, 0.5) is 5.69 Å². The molecule has 0 aliphatic carbocycles. The number of rotatable bonds is 3. The third-order valence-electron chi connectivity index (χ3n) is 2.62. The SMILES string of the molecule is Cc1ccc(NCc2ccccc2)c(C#N)c1. The van der Waals surface area contributed by atoms with E-state index in [4.69, 9.17) is 5.26 Å². The van der Waals surface area contributed by atoms with Crippen molar-refractivity contribution in [1.82, 2.24) is 0 Å². The number of hydrogen-bond acceptors (Lipinski definition) is 2. The normalized spacial score (nSPS) is 9.65. The molecule has 0 aliphatic rings. The highest BCUT2D eigenvalue weighted by Crippen LogP contribution is 2.17. The Balaban J connectivity index is 2.12. The van der Waals surface area contributed by atoms with Crippen LogP contribution in [0, 0.1) is 18.3 Å². The molecule has 2 rings (SSSR count). The molecule has 0 atom stereocenters. The second-order valence-corrected chi connectivity index (χ2v) is 4.00. The molecule has 2 heteroatoms. The summed E-state index contributed by atoms with van der Waals surface area (Å²) in [6.45, 7) is 2.72. The minimum absolute atomic E-state index is 0.695. The van der Waals surface area contributed by atoms with Gasteiger partial charge in [0.2, 0.25) is 0 Å². The zero-order chi connectivity index (χ0) is 12.1. The highest BCUT2D eigenvalue weighted by atomic mass is 14.9. The Labute approximate surface area is 102 Å². The van der Waals surface area contributed by atoms with Crippen LogP contribution in [-0.2, 0) is 6.54 Å². The van der Waals surface area contributed by atoms with Crippen LogP contribution in [0.15, 0.2) is 48.5 Å². The first-order chi connectivity index (χ1) is 8.29. The smallest absolute Gasteiger partial charge is 0.101 e. The lowest BCUT2D eigenvalue weighted by Gasteiger charge is -2.08. The molecule has 0 unspecified atom stereocenters. The summed E-state index contributed by atoms with van der Waals surface area (Å²) in [6, 6.07) is 18.2. The molecule has 0 bridgehead atoms. The zero-order valence-corrected chi connectivity index (χ0v) is 9.77. The topological polar surface area (TPSA) is 35.8 Å². The maximum atomic E-state index is 9.05. The number of aryl methyl sites for hydroxylation is 1. The minimum Gasteiger partial charge on any atom is -0.380 e. The van der Waals surface area contributed by atoms with Crippen molar-refractivity contribution in [3.63, 3.8) is 0 Å². The summed E-state index contributed by atoms with van der Waals surface area (Å²) in [5, 5.41) is 12.3. The van der Waals surface area contributed by atoms with Gasteiger partial charge in [-0.1, -0.05) is 36.4 Å². The van der Waals surface area contributed by atoms with Crippen molar-refractivity contribution in [3.8, 4) is 6.07 Å². The summed E-state index contributed by atoms with van der Waals surface area (Å²) in [6.07, 6.45) is 0. The van der Waals surface area contributed by atoms with Gasteiger partial charge >= 0.3 is 0 Å². The van der Waals surface area contributed by atoms with Gasteiger partial charge in [0.05, 0.1) is 11.3 Å². The van der Waals surface area contributed by atoms with Crippen molar-refractivity contribution in [2.24, 2.45) is 0 Å². The fraction of sp³-hybridized carbons (Fsp3) is 0.133. The average molecular weight is 222 g/mol. The molecule has 0 saturated heterocycles. The van der Waals surface area contributed by atoms with Crippen LogP contribution < -0.4 is 5.32 Å². The molecule has 0 amide bonds. The Hall–Kier alpha value is -2.27. The zero-order valence-electron chi connectivity index (χ0n) is 9.77. The van der Waals surface area contributed by atoms with Gasteiger partial charge in [0.15, 0.2) is 0 Å². The van der Waals surface area contributed by atoms with Gasteiger partial charge in [-0.3, -0.25) is 0 Å². The maximum absolute atomic E-state index is 9.05. The summed E-state index contributed by atoms with van der Waals surface area (Å²) in [5.74, 6) is 0. The summed E-state index contributed by atoms with van der Waals surface area (Å²) in [5.41, 5.74) is 3.90. The molecule has 0 heterocycles. The minimum atomic E-state index is 0.695. The lowest BCUT2D eigenvalue weighted by atomic mass is 10.1. The van der Waals surface area contributed by atoms with Gasteiger partial charge < -0.3 is 5.32 Å². The van der Waals surface area contributed by atoms with Gasteiger partial charge in [-0.25, -0.2) is 0 Å². The molecule has 2 aromatic carbocycles. The van der Waals surface area contributed by atoms with E-state index < -0.39 is 0 Å². The number of hydrogen-bond donors (Lipinski definition) is 1. The Morgan fingerprint density at radius 1 is 1.12 bits per heavy atom. The maximum Gasteiger partial charge on any atom is 0.101 e. The van der Waals surface area contributed by atoms with Crippen molar-refractivity contribution < 1.29 is 0 Å². The highest BCUT2D eigenvalue weighted by Gasteiger charge is 2.01. The standard InChI is InChI=1S/C15H14N2/c1-12-7-8-15(14(9-12)10-16)17-11-13-5-3-2-4-6-13/h2-9,17H,11H2,1H3. The Morgan fingerprint density at radius 2 is 1.88 bits per heavy atom. The van der Waals surface area contributed by atoms with Crippen LogP contribution in [0.3, 0.4) is 0 Å². The van der Waals surface area contributed by atoms with E-state index in [1.807, 2.05) is 43.3 Å². The van der Waals surface area contributed by atoms with E-state index in [9.17, 15) is 0 Å². The van der Waals surface area contributed by atoms with E-state index in [1.165, 1.54) is 5.56 Å². The molecule has 0 spiro atoms. The third-order valence-corrected chi connectivity index (χ3v) is 2.62. The molecule has 0 radical (unpaired) electrons. The highest BCUT2D eigenvalue weighted by molar-refractivity contribution is 5.58. The van der Waals surface area contributed by atoms with E-state index in [-0.39, 0.29) is 0 Å². The van der Waals surface area contributed by atoms with Gasteiger partial charge in [-0.15, -0.1) is 0 Å². The Bertz CT molecular complexity index is 539. The molecular formula is C15H14N2. The van der Waals surface area contributed by atoms with Crippen molar-refractivity contribution in [2.75, 3.05) is 5.32 Å². The third kappa shape index (κ3) is 2.85. The average Bonchev–Trinajstić information content (AvgIpc) is 2.38. The van der Waals surface area contributed by atoms with Gasteiger partial charge in [0, 0.05) is 6.54 Å². The first kappa shape index (κ1) is 11.2. The van der Waals surface area contributed by atoms with Gasteiger partial charge in [0.25, 0.3) is 0 Å². The fourth-order valence-electron chi connectivity index (χ4n) is 1.70. The molecule has 17 heavy (non-hydrogen) atoms. The van der Waals surface area contributed by atoms with E-state index in [0.717, 1.165) is 17.8 Å². The second kappa shape index (κ2) is 5.18. The second-order valence-electron chi connectivity index (χ2n) is 4.00. The monoisotopic (exact) mass is 222 g/mol. The lowest BCUT2D eigenvalue weighted by Crippen LogP contribution is -2.01. The lowest BCUT2D eigenvalue weighted by molar-refractivity contribution is 1.14. The van der Waals surface area contributed by atoms with Gasteiger partial charge in [-0.05, 0) is 30.2 Å². The van der Waals surface area contributed by atoms with Crippen molar-refractivity contribution in [2.45, 2.75) is 13.5 Å². The predicted molar refractivity (Wildman–Crippen MR) is 69.7 cm³/mol. The van der Waals surface area contributed by atoms with Crippen molar-refractivity contribution >= 4 is 5.69 Å². The summed E-state index contributed by atoms with van der Waals surface area (Å²) in [4.78, 5) is 0. The quantitative estimate of drug-likeness (QED) is 0.863. The molecule has 0 saturated carbocycles. The number of benzene rings is 2. The molecule has 0 aromatic heterocycles. The molecule has 1 N–H and O–H groups in total. The first-order valence-corrected chi connectivity index (χ1v) is 5.58. The largest absolute Gasteiger partial charge is 0.380 e. The van der Waals surface area contributed by atoms with Gasteiger partial charge in [0.1, 0.15) is 6.07 Å². The molecule has 2 nitrogen and oxygen atoms in total. The van der Waals surface area contributed by atoms with Crippen LogP contribution >= 0.6 is 0 Å². The molecule has 0 aliphatic heterocycles. The molecule has 2 aromatic rings. The first-order valence-electron chi connectivity index (χ1n) is 5.58. The van der Waals surface area contributed by atoms with Gasteiger partial charge in [-0.2, -0.15) is 5.26 Å². The molecular weight excluding hydrogens is 208 g/mol. The van der Waals surface area contributed by atoms with Crippen LogP contribution in [0.1, 0.15) is 16.7 Å². The van der Waals surface area contributed by atoms with Crippen LogP contribution in [0.25, 0.3) is 0 Å². The van der Waals surface area contributed by atoms with Crippen LogP contribution in [-0.4, -0.2) is 0 Å². The van der Waals surface area contributed by atoms with E-state index in [0.29, 0.717) is 5.56 Å². The fourth-order valence-corrected chi connectivity index (χ4v) is 1.70.